The largest absolute Gasteiger partial charge is 0.508 e. The molecular weight excluding hydrogens is 333 g/mol. The van der Waals surface area contributed by atoms with E-state index in [9.17, 15) is 23.1 Å². The molecule has 0 aliphatic heterocycles. The van der Waals surface area contributed by atoms with Crippen molar-refractivity contribution >= 4 is 11.7 Å². The lowest BCUT2D eigenvalue weighted by Crippen LogP contribution is -2.39. The van der Waals surface area contributed by atoms with Crippen LogP contribution in [-0.2, 0) is 12.6 Å². The fourth-order valence-electron chi connectivity index (χ4n) is 2.35. The number of phenolic OH excluding ortho intramolecular Hbond substituents is 1. The molecule has 2 aromatic rings. The van der Waals surface area contributed by atoms with Crippen LogP contribution in [0.25, 0.3) is 0 Å². The molecule has 0 aromatic heterocycles. The Kier molecular flexibility index (Phi) is 5.56. The lowest BCUT2D eigenvalue weighted by atomic mass is 10.1. The van der Waals surface area contributed by atoms with E-state index in [2.05, 4.69) is 5.32 Å². The van der Waals surface area contributed by atoms with Crippen LogP contribution in [0.3, 0.4) is 0 Å². The smallest absolute Gasteiger partial charge is 0.418 e. The summed E-state index contributed by atoms with van der Waals surface area (Å²) in [6, 6.07) is 10.5. The number of likely N-dealkylation sites (N-methyl/N-ethyl adjacent to an activating group) is 1. The van der Waals surface area contributed by atoms with Gasteiger partial charge in [-0.25, -0.2) is 4.79 Å². The highest BCUT2D eigenvalue weighted by molar-refractivity contribution is 5.90. The van der Waals surface area contributed by atoms with Crippen LogP contribution in [0.1, 0.15) is 18.1 Å². The zero-order valence-corrected chi connectivity index (χ0v) is 13.8. The number of urea groups is 1. The highest BCUT2D eigenvalue weighted by atomic mass is 19.4. The molecule has 0 heterocycles. The van der Waals surface area contributed by atoms with Gasteiger partial charge in [0.1, 0.15) is 5.75 Å². The Labute approximate surface area is 143 Å². The van der Waals surface area contributed by atoms with E-state index in [1.165, 1.54) is 30.1 Å². The van der Waals surface area contributed by atoms with E-state index in [4.69, 9.17) is 0 Å². The number of hydrogen-bond acceptors (Lipinski definition) is 2. The molecule has 134 valence electrons. The molecule has 0 aliphatic rings. The highest BCUT2D eigenvalue weighted by Gasteiger charge is 2.33. The lowest BCUT2D eigenvalue weighted by Gasteiger charge is -2.26. The van der Waals surface area contributed by atoms with E-state index < -0.39 is 17.8 Å². The third-order valence-corrected chi connectivity index (χ3v) is 3.92. The van der Waals surface area contributed by atoms with Crippen LogP contribution in [0.4, 0.5) is 23.7 Å². The second-order valence-corrected chi connectivity index (χ2v) is 5.80. The zero-order chi connectivity index (χ0) is 18.6. The van der Waals surface area contributed by atoms with Crippen molar-refractivity contribution in [3.8, 4) is 5.75 Å². The number of phenols is 1. The predicted molar refractivity (Wildman–Crippen MR) is 89.5 cm³/mol. The van der Waals surface area contributed by atoms with Crippen LogP contribution in [0.15, 0.2) is 48.5 Å². The van der Waals surface area contributed by atoms with Gasteiger partial charge in [0.2, 0.25) is 0 Å². The monoisotopic (exact) mass is 352 g/mol. The van der Waals surface area contributed by atoms with Gasteiger partial charge in [-0.15, -0.1) is 0 Å². The number of rotatable bonds is 4. The standard InChI is InChI=1S/C18H19F3N2O2/c1-12(11-13-7-9-14(24)10-8-13)23(2)17(25)22-16-6-4-3-5-15(16)18(19,20)21/h3-10,12,24H,11H2,1-2H3,(H,22,25). The second-order valence-electron chi connectivity index (χ2n) is 5.80. The molecule has 0 aliphatic carbocycles. The number of carbonyl (C=O) groups excluding carboxylic acids is 1. The van der Waals surface area contributed by atoms with Crippen LogP contribution in [0.5, 0.6) is 5.75 Å². The summed E-state index contributed by atoms with van der Waals surface area (Å²) < 4.78 is 39.0. The minimum atomic E-state index is -4.54. The van der Waals surface area contributed by atoms with Crippen molar-refractivity contribution in [3.63, 3.8) is 0 Å². The van der Waals surface area contributed by atoms with Gasteiger partial charge in [0, 0.05) is 13.1 Å². The average molecular weight is 352 g/mol. The van der Waals surface area contributed by atoms with Crippen molar-refractivity contribution in [1.82, 2.24) is 4.90 Å². The van der Waals surface area contributed by atoms with Gasteiger partial charge in [0.25, 0.3) is 0 Å². The second kappa shape index (κ2) is 7.46. The molecule has 25 heavy (non-hydrogen) atoms. The van der Waals surface area contributed by atoms with E-state index in [0.717, 1.165) is 11.6 Å². The van der Waals surface area contributed by atoms with E-state index in [1.54, 1.807) is 31.2 Å². The summed E-state index contributed by atoms with van der Waals surface area (Å²) in [5, 5.41) is 11.6. The van der Waals surface area contributed by atoms with E-state index in [-0.39, 0.29) is 17.5 Å². The van der Waals surface area contributed by atoms with Gasteiger partial charge >= 0.3 is 12.2 Å². The molecule has 2 rings (SSSR count). The number of carbonyl (C=O) groups is 1. The number of nitrogens with zero attached hydrogens (tertiary/aromatic N) is 1. The zero-order valence-electron chi connectivity index (χ0n) is 13.8. The van der Waals surface area contributed by atoms with Crippen molar-refractivity contribution in [2.45, 2.75) is 25.6 Å². The molecule has 2 amide bonds. The molecule has 0 spiro atoms. The quantitative estimate of drug-likeness (QED) is 0.851. The number of alkyl halides is 3. The van der Waals surface area contributed by atoms with E-state index in [1.807, 2.05) is 0 Å². The van der Waals surface area contributed by atoms with Crippen LogP contribution >= 0.6 is 0 Å². The van der Waals surface area contributed by atoms with Crippen molar-refractivity contribution in [1.29, 1.82) is 0 Å². The van der Waals surface area contributed by atoms with E-state index in [0.29, 0.717) is 6.42 Å². The number of anilines is 1. The minimum absolute atomic E-state index is 0.145. The van der Waals surface area contributed by atoms with Crippen LogP contribution in [0.2, 0.25) is 0 Å². The third kappa shape index (κ3) is 4.89. The normalized spacial score (nSPS) is 12.5. The molecule has 0 radical (unpaired) electrons. The number of halogens is 3. The fourth-order valence-corrected chi connectivity index (χ4v) is 2.35. The number of hydrogen-bond donors (Lipinski definition) is 2. The molecule has 1 unspecified atom stereocenters. The maximum absolute atomic E-state index is 13.0. The molecule has 4 nitrogen and oxygen atoms in total. The van der Waals surface area contributed by atoms with Gasteiger partial charge in [0.05, 0.1) is 11.3 Å². The first kappa shape index (κ1) is 18.6. The van der Waals surface area contributed by atoms with Gasteiger partial charge in [-0.1, -0.05) is 24.3 Å². The molecule has 0 fully saturated rings. The van der Waals surface area contributed by atoms with Crippen molar-refractivity contribution < 1.29 is 23.1 Å². The summed E-state index contributed by atoms with van der Waals surface area (Å²) in [6.07, 6.45) is -4.04. The Morgan fingerprint density at radius 1 is 1.16 bits per heavy atom. The van der Waals surface area contributed by atoms with Gasteiger partial charge in [-0.05, 0) is 43.2 Å². The molecule has 0 saturated heterocycles. The maximum Gasteiger partial charge on any atom is 0.418 e. The first-order chi connectivity index (χ1) is 11.7. The van der Waals surface area contributed by atoms with Crippen LogP contribution < -0.4 is 5.32 Å². The molecule has 1 atom stereocenters. The topological polar surface area (TPSA) is 52.6 Å². The minimum Gasteiger partial charge on any atom is -0.508 e. The maximum atomic E-state index is 13.0. The summed E-state index contributed by atoms with van der Waals surface area (Å²) in [6.45, 7) is 1.79. The average Bonchev–Trinajstić information content (AvgIpc) is 2.55. The van der Waals surface area contributed by atoms with Crippen molar-refractivity contribution in [3.05, 3.63) is 59.7 Å². The van der Waals surface area contributed by atoms with Crippen LogP contribution in [-0.4, -0.2) is 29.1 Å². The first-order valence-electron chi connectivity index (χ1n) is 7.66. The Balaban J connectivity index is 2.06. The Morgan fingerprint density at radius 3 is 2.36 bits per heavy atom. The lowest BCUT2D eigenvalue weighted by molar-refractivity contribution is -0.136. The number of para-hydroxylation sites is 1. The molecule has 2 N–H and O–H groups in total. The Morgan fingerprint density at radius 2 is 1.76 bits per heavy atom. The number of benzene rings is 2. The summed E-state index contributed by atoms with van der Waals surface area (Å²) in [4.78, 5) is 13.6. The summed E-state index contributed by atoms with van der Waals surface area (Å²) in [5.74, 6) is 0.145. The fraction of sp³-hybridized carbons (Fsp3) is 0.278. The summed E-state index contributed by atoms with van der Waals surface area (Å²) in [5.41, 5.74) is -0.257. The number of aromatic hydroxyl groups is 1. The molecule has 0 bridgehead atoms. The molecule has 7 heteroatoms. The van der Waals surface area contributed by atoms with Gasteiger partial charge in [-0.3, -0.25) is 0 Å². The van der Waals surface area contributed by atoms with E-state index >= 15 is 0 Å². The third-order valence-electron chi connectivity index (χ3n) is 3.92. The number of nitrogens with one attached hydrogen (secondary N) is 1. The van der Waals surface area contributed by atoms with Gasteiger partial charge in [0.15, 0.2) is 0 Å². The molecule has 0 saturated carbocycles. The first-order valence-corrected chi connectivity index (χ1v) is 7.66. The van der Waals surface area contributed by atoms with Gasteiger partial charge in [-0.2, -0.15) is 13.2 Å². The highest BCUT2D eigenvalue weighted by Crippen LogP contribution is 2.34. The molecular formula is C18H19F3N2O2. The van der Waals surface area contributed by atoms with Crippen LogP contribution in [0, 0.1) is 0 Å². The van der Waals surface area contributed by atoms with Crippen molar-refractivity contribution in [2.75, 3.05) is 12.4 Å². The Bertz CT molecular complexity index is 730. The Hall–Kier alpha value is -2.70. The summed E-state index contributed by atoms with van der Waals surface area (Å²) in [7, 11) is 1.52. The predicted octanol–water partition coefficient (Wildman–Crippen LogP) is 4.51. The van der Waals surface area contributed by atoms with Gasteiger partial charge < -0.3 is 15.3 Å². The summed E-state index contributed by atoms with van der Waals surface area (Å²) >= 11 is 0. The SMILES string of the molecule is CC(Cc1ccc(O)cc1)N(C)C(=O)Nc1ccccc1C(F)(F)F. The number of amides is 2. The van der Waals surface area contributed by atoms with Crippen molar-refractivity contribution in [2.24, 2.45) is 0 Å². The molecule has 2 aromatic carbocycles.